The summed E-state index contributed by atoms with van der Waals surface area (Å²) in [6.07, 6.45) is 2.13. The van der Waals surface area contributed by atoms with Gasteiger partial charge in [-0.05, 0) is 43.4 Å². The average Bonchev–Trinajstić information content (AvgIpc) is 3.37. The van der Waals surface area contributed by atoms with Crippen LogP contribution in [0.3, 0.4) is 0 Å². The second-order valence-electron chi connectivity index (χ2n) is 7.56. The van der Waals surface area contributed by atoms with E-state index in [0.29, 0.717) is 12.1 Å². The average molecular weight is 389 g/mol. The zero-order valence-corrected chi connectivity index (χ0v) is 16.8. The summed E-state index contributed by atoms with van der Waals surface area (Å²) in [6, 6.07) is 7.78. The van der Waals surface area contributed by atoms with Gasteiger partial charge in [-0.15, -0.1) is 0 Å². The summed E-state index contributed by atoms with van der Waals surface area (Å²) < 4.78 is 5.51. The minimum Gasteiger partial charge on any atom is -0.379 e. The summed E-state index contributed by atoms with van der Waals surface area (Å²) in [5.74, 6) is 2.25. The SMILES string of the molecule is CC1=NN(c2ccc(C(=O)NC[C@]3(N4CCOCC4)CCSC3)cc2)CC1. The van der Waals surface area contributed by atoms with E-state index in [1.165, 1.54) is 0 Å². The van der Waals surface area contributed by atoms with Crippen molar-refractivity contribution in [3.05, 3.63) is 29.8 Å². The number of amides is 1. The molecule has 2 fully saturated rings. The van der Waals surface area contributed by atoms with E-state index in [-0.39, 0.29) is 11.4 Å². The first-order chi connectivity index (χ1) is 13.2. The molecular weight excluding hydrogens is 360 g/mol. The van der Waals surface area contributed by atoms with Crippen LogP contribution in [0, 0.1) is 0 Å². The summed E-state index contributed by atoms with van der Waals surface area (Å²) in [4.78, 5) is 15.2. The molecule has 3 aliphatic rings. The van der Waals surface area contributed by atoms with E-state index >= 15 is 0 Å². The molecular formula is C20H28N4O2S. The highest BCUT2D eigenvalue weighted by atomic mass is 32.2. The fourth-order valence-corrected chi connectivity index (χ4v) is 5.50. The van der Waals surface area contributed by atoms with Crippen LogP contribution in [0.5, 0.6) is 0 Å². The van der Waals surface area contributed by atoms with Gasteiger partial charge >= 0.3 is 0 Å². The number of hydrogen-bond donors (Lipinski definition) is 1. The molecule has 1 atom stereocenters. The third-order valence-electron chi connectivity index (χ3n) is 5.75. The quantitative estimate of drug-likeness (QED) is 0.838. The highest BCUT2D eigenvalue weighted by molar-refractivity contribution is 7.99. The summed E-state index contributed by atoms with van der Waals surface area (Å²) in [7, 11) is 0. The van der Waals surface area contributed by atoms with Crippen LogP contribution in [0.1, 0.15) is 30.1 Å². The third kappa shape index (κ3) is 4.15. The second kappa shape index (κ2) is 8.20. The fraction of sp³-hybridized carbons (Fsp3) is 0.600. The lowest BCUT2D eigenvalue weighted by molar-refractivity contribution is -0.0129. The van der Waals surface area contributed by atoms with Gasteiger partial charge in [0.05, 0.1) is 18.9 Å². The van der Waals surface area contributed by atoms with Crippen molar-refractivity contribution in [2.24, 2.45) is 5.10 Å². The van der Waals surface area contributed by atoms with Gasteiger partial charge in [0.25, 0.3) is 5.91 Å². The predicted octanol–water partition coefficient (Wildman–Crippen LogP) is 2.21. The van der Waals surface area contributed by atoms with Crippen LogP contribution in [0.15, 0.2) is 29.4 Å². The second-order valence-corrected chi connectivity index (χ2v) is 8.67. The minimum absolute atomic E-state index is 0.00666. The largest absolute Gasteiger partial charge is 0.379 e. The Labute approximate surface area is 165 Å². The first kappa shape index (κ1) is 18.8. The minimum atomic E-state index is 0.00666. The first-order valence-electron chi connectivity index (χ1n) is 9.77. The van der Waals surface area contributed by atoms with E-state index in [0.717, 1.165) is 68.6 Å². The Hall–Kier alpha value is -1.57. The molecule has 0 saturated carbocycles. The third-order valence-corrected chi connectivity index (χ3v) is 6.98. The number of hydrazone groups is 1. The first-order valence-corrected chi connectivity index (χ1v) is 10.9. The molecule has 3 heterocycles. The Balaban J connectivity index is 1.38. The number of nitrogens with one attached hydrogen (secondary N) is 1. The molecule has 1 N–H and O–H groups in total. The Morgan fingerprint density at radius 3 is 2.67 bits per heavy atom. The number of rotatable bonds is 5. The molecule has 4 rings (SSSR count). The van der Waals surface area contributed by atoms with Gasteiger partial charge in [0.15, 0.2) is 0 Å². The van der Waals surface area contributed by atoms with Gasteiger partial charge in [-0.2, -0.15) is 16.9 Å². The fourth-order valence-electron chi connectivity index (χ4n) is 4.03. The molecule has 27 heavy (non-hydrogen) atoms. The van der Waals surface area contributed by atoms with Gasteiger partial charge in [0.1, 0.15) is 0 Å². The number of anilines is 1. The standard InChI is InChI=1S/C20H28N4O2S/c1-16-6-8-24(22-16)18-4-2-17(3-5-18)19(25)21-14-20(7-13-27-15-20)23-9-11-26-12-10-23/h2-5H,6-15H2,1H3,(H,21,25)/t20-/m1/s1. The van der Waals surface area contributed by atoms with E-state index in [1.54, 1.807) is 0 Å². The van der Waals surface area contributed by atoms with E-state index in [4.69, 9.17) is 4.74 Å². The van der Waals surface area contributed by atoms with E-state index in [2.05, 4.69) is 15.3 Å². The number of carbonyl (C=O) groups excluding carboxylic acids is 1. The van der Waals surface area contributed by atoms with Crippen LogP contribution in [0.2, 0.25) is 0 Å². The molecule has 1 aromatic rings. The molecule has 0 radical (unpaired) electrons. The van der Waals surface area contributed by atoms with E-state index in [9.17, 15) is 4.79 Å². The van der Waals surface area contributed by atoms with Crippen molar-refractivity contribution in [3.8, 4) is 0 Å². The van der Waals surface area contributed by atoms with Gasteiger partial charge in [0.2, 0.25) is 0 Å². The molecule has 7 heteroatoms. The molecule has 0 bridgehead atoms. The Kier molecular flexibility index (Phi) is 5.71. The summed E-state index contributed by atoms with van der Waals surface area (Å²) >= 11 is 1.99. The van der Waals surface area contributed by atoms with Crippen LogP contribution in [0.4, 0.5) is 5.69 Å². The maximum Gasteiger partial charge on any atom is 0.251 e. The predicted molar refractivity (Wildman–Crippen MR) is 111 cm³/mol. The number of benzene rings is 1. The summed E-state index contributed by atoms with van der Waals surface area (Å²) in [6.45, 7) is 7.17. The van der Waals surface area contributed by atoms with Crippen LogP contribution < -0.4 is 10.3 Å². The maximum absolute atomic E-state index is 12.7. The van der Waals surface area contributed by atoms with Crippen LogP contribution in [0.25, 0.3) is 0 Å². The topological polar surface area (TPSA) is 57.2 Å². The van der Waals surface area contributed by atoms with Crippen molar-refractivity contribution in [3.63, 3.8) is 0 Å². The van der Waals surface area contributed by atoms with Gasteiger partial charge in [-0.3, -0.25) is 14.7 Å². The van der Waals surface area contributed by atoms with Gasteiger partial charge in [-0.1, -0.05) is 0 Å². The van der Waals surface area contributed by atoms with E-state index in [1.807, 2.05) is 48.0 Å². The lowest BCUT2D eigenvalue weighted by Crippen LogP contribution is -2.59. The summed E-state index contributed by atoms with van der Waals surface area (Å²) in [5, 5.41) is 9.71. The monoisotopic (exact) mass is 388 g/mol. The zero-order chi connectivity index (χ0) is 18.7. The number of thioether (sulfide) groups is 1. The van der Waals surface area contributed by atoms with Crippen molar-refractivity contribution < 1.29 is 9.53 Å². The number of hydrogen-bond acceptors (Lipinski definition) is 6. The molecule has 2 saturated heterocycles. The van der Waals surface area contributed by atoms with Crippen LogP contribution in [-0.4, -0.2) is 73.0 Å². The highest BCUT2D eigenvalue weighted by Crippen LogP contribution is 2.33. The molecule has 146 valence electrons. The molecule has 0 aliphatic carbocycles. The Morgan fingerprint density at radius 2 is 2.04 bits per heavy atom. The Bertz CT molecular complexity index is 694. The Morgan fingerprint density at radius 1 is 1.26 bits per heavy atom. The van der Waals surface area contributed by atoms with Crippen molar-refractivity contribution in [2.75, 3.05) is 55.9 Å². The van der Waals surface area contributed by atoms with E-state index < -0.39 is 0 Å². The van der Waals surface area contributed by atoms with Crippen LogP contribution >= 0.6 is 11.8 Å². The molecule has 0 unspecified atom stereocenters. The normalized spacial score (nSPS) is 26.3. The van der Waals surface area contributed by atoms with Crippen molar-refractivity contribution in [1.82, 2.24) is 10.2 Å². The molecule has 1 aromatic carbocycles. The number of morpholine rings is 1. The number of ether oxygens (including phenoxy) is 1. The van der Waals surface area contributed by atoms with Gasteiger partial charge in [0, 0.05) is 55.2 Å². The molecule has 6 nitrogen and oxygen atoms in total. The molecule has 0 spiro atoms. The zero-order valence-electron chi connectivity index (χ0n) is 15.9. The molecule has 3 aliphatic heterocycles. The molecule has 0 aromatic heterocycles. The van der Waals surface area contributed by atoms with Crippen molar-refractivity contribution >= 4 is 29.1 Å². The number of carbonyl (C=O) groups is 1. The van der Waals surface area contributed by atoms with Crippen molar-refractivity contribution in [2.45, 2.75) is 25.3 Å². The van der Waals surface area contributed by atoms with Crippen LogP contribution in [-0.2, 0) is 4.74 Å². The highest BCUT2D eigenvalue weighted by Gasteiger charge is 2.40. The maximum atomic E-state index is 12.7. The lowest BCUT2D eigenvalue weighted by Gasteiger charge is -2.43. The number of nitrogens with zero attached hydrogens (tertiary/aromatic N) is 3. The molecule has 1 amide bonds. The smallest absolute Gasteiger partial charge is 0.251 e. The lowest BCUT2D eigenvalue weighted by atomic mass is 9.95. The van der Waals surface area contributed by atoms with Gasteiger partial charge < -0.3 is 10.1 Å². The van der Waals surface area contributed by atoms with Gasteiger partial charge in [-0.25, -0.2) is 0 Å². The summed E-state index contributed by atoms with van der Waals surface area (Å²) in [5.41, 5.74) is 2.98. The van der Waals surface area contributed by atoms with Crippen molar-refractivity contribution in [1.29, 1.82) is 0 Å².